The summed E-state index contributed by atoms with van der Waals surface area (Å²) in [6.07, 6.45) is 3.44. The van der Waals surface area contributed by atoms with Gasteiger partial charge in [0.1, 0.15) is 23.0 Å². The number of aryl methyl sites for hydroxylation is 3. The predicted molar refractivity (Wildman–Crippen MR) is 150 cm³/mol. The van der Waals surface area contributed by atoms with Crippen molar-refractivity contribution in [1.82, 2.24) is 0 Å². The molecule has 0 saturated carbocycles. The van der Waals surface area contributed by atoms with Crippen LogP contribution >= 0.6 is 0 Å². The number of phenolic OH excluding ortho intramolecular Hbond substituents is 4. The lowest BCUT2D eigenvalue weighted by atomic mass is 9.99. The number of aromatic hydroxyl groups is 4. The van der Waals surface area contributed by atoms with Crippen LogP contribution in [0.1, 0.15) is 41.7 Å². The highest BCUT2D eigenvalue weighted by Crippen LogP contribution is 2.32. The standard InChI is InChI=1S/C14H18O4.C8H10O2.C6H10O3.BF3/c1-8(14(17)18-4)5-6-11-10(3)12(15)7-9(2)13(11)16;1-5-3-8(10)6(2)4-7(5)9;1-5(3-4-7)6(8)9-2;2-1(3)4/h5,7,15-16H,6H2,1-4H3;3-4,9-10H,1-2H3;3,7H,4H2,1-2H3;/b8-5+;;5-3+;. The normalized spacial score (nSPS) is 10.5. The zero-order chi connectivity index (χ0) is 32.4. The first-order valence-corrected chi connectivity index (χ1v) is 12.0. The van der Waals surface area contributed by atoms with E-state index in [0.29, 0.717) is 45.4 Å². The van der Waals surface area contributed by atoms with E-state index in [0.717, 1.165) is 0 Å². The van der Waals surface area contributed by atoms with Crippen molar-refractivity contribution in [3.8, 4) is 23.0 Å². The van der Waals surface area contributed by atoms with Gasteiger partial charge in [0.05, 0.1) is 20.8 Å². The van der Waals surface area contributed by atoms with Gasteiger partial charge in [-0.1, -0.05) is 6.08 Å². The second kappa shape index (κ2) is 19.9. The van der Waals surface area contributed by atoms with Gasteiger partial charge in [0.25, 0.3) is 0 Å². The molecular weight excluding hydrogens is 548 g/mol. The minimum atomic E-state index is -3.67. The van der Waals surface area contributed by atoms with Crippen LogP contribution in [0.15, 0.2) is 41.5 Å². The van der Waals surface area contributed by atoms with Gasteiger partial charge in [-0.3, -0.25) is 12.9 Å². The summed E-state index contributed by atoms with van der Waals surface area (Å²) in [7, 11) is -1.04. The largest absolute Gasteiger partial charge is 0.762 e. The summed E-state index contributed by atoms with van der Waals surface area (Å²) in [5, 5.41) is 46.2. The van der Waals surface area contributed by atoms with E-state index in [2.05, 4.69) is 9.47 Å². The molecule has 0 bridgehead atoms. The highest BCUT2D eigenvalue weighted by Gasteiger charge is 2.12. The molecule has 5 N–H and O–H groups in total. The zero-order valence-corrected chi connectivity index (χ0v) is 24.4. The Labute approximate surface area is 238 Å². The van der Waals surface area contributed by atoms with Gasteiger partial charge in [-0.25, -0.2) is 9.59 Å². The third kappa shape index (κ3) is 15.3. The van der Waals surface area contributed by atoms with Crippen molar-refractivity contribution in [2.75, 3.05) is 20.8 Å². The molecule has 0 amide bonds. The second-order valence-electron chi connectivity index (χ2n) is 8.48. The SMILES string of the molecule is COC(=O)/C(C)=C/CO.COC(=O)/C(C)=C/Cc1c(C)c(O)cc(C)c1O.Cc1cc(O)c(C)cc1O.FB(F)F. The number of allylic oxidation sites excluding steroid dienone is 1. The number of halogens is 3. The lowest BCUT2D eigenvalue weighted by molar-refractivity contribution is -0.136. The van der Waals surface area contributed by atoms with Crippen LogP contribution < -0.4 is 0 Å². The van der Waals surface area contributed by atoms with E-state index < -0.39 is 19.5 Å². The summed E-state index contributed by atoms with van der Waals surface area (Å²) in [6.45, 7) is 10.0. The minimum Gasteiger partial charge on any atom is -0.508 e. The van der Waals surface area contributed by atoms with E-state index in [-0.39, 0.29) is 29.6 Å². The highest BCUT2D eigenvalue weighted by atomic mass is 19.4. The van der Waals surface area contributed by atoms with Gasteiger partial charge in [0.15, 0.2) is 0 Å². The topological polar surface area (TPSA) is 154 Å². The van der Waals surface area contributed by atoms with E-state index in [1.807, 2.05) is 0 Å². The molecular formula is C28H38BF3O9. The molecule has 0 aliphatic carbocycles. The molecule has 0 spiro atoms. The number of methoxy groups -OCH3 is 2. The first-order valence-electron chi connectivity index (χ1n) is 12.0. The van der Waals surface area contributed by atoms with Crippen molar-refractivity contribution in [3.05, 3.63) is 69.3 Å². The summed E-state index contributed by atoms with van der Waals surface area (Å²) in [6, 6.07) is 4.61. The Hall–Kier alpha value is -4.13. The number of carbonyl (C=O) groups is 2. The Bertz CT molecular complexity index is 1130. The fraction of sp³-hybridized carbons (Fsp3) is 0.357. The van der Waals surface area contributed by atoms with E-state index in [1.165, 1.54) is 26.4 Å². The molecule has 2 aromatic carbocycles. The predicted octanol–water partition coefficient (Wildman–Crippen LogP) is 5.07. The smallest absolute Gasteiger partial charge is 0.508 e. The molecule has 0 fully saturated rings. The van der Waals surface area contributed by atoms with Crippen LogP contribution in [-0.4, -0.2) is 65.8 Å². The van der Waals surface area contributed by atoms with Crippen molar-refractivity contribution < 1.29 is 57.5 Å². The number of hydrogen-bond donors (Lipinski definition) is 5. The van der Waals surface area contributed by atoms with Crippen molar-refractivity contribution in [1.29, 1.82) is 0 Å². The van der Waals surface area contributed by atoms with E-state index in [1.54, 1.807) is 59.8 Å². The Balaban J connectivity index is 0. The van der Waals surface area contributed by atoms with Crippen LogP contribution in [0.3, 0.4) is 0 Å². The highest BCUT2D eigenvalue weighted by molar-refractivity contribution is 6.33. The Morgan fingerprint density at radius 2 is 1.12 bits per heavy atom. The number of benzene rings is 2. The molecule has 0 radical (unpaired) electrons. The van der Waals surface area contributed by atoms with Gasteiger partial charge >= 0.3 is 19.5 Å². The van der Waals surface area contributed by atoms with Crippen molar-refractivity contribution in [3.63, 3.8) is 0 Å². The number of aliphatic hydroxyl groups excluding tert-OH is 1. The Morgan fingerprint density at radius 1 is 0.756 bits per heavy atom. The maximum absolute atomic E-state index is 11.2. The van der Waals surface area contributed by atoms with Crippen LogP contribution in [0.5, 0.6) is 23.0 Å². The second-order valence-corrected chi connectivity index (χ2v) is 8.48. The molecule has 0 saturated heterocycles. The van der Waals surface area contributed by atoms with Crippen LogP contribution in [0.2, 0.25) is 0 Å². The van der Waals surface area contributed by atoms with Gasteiger partial charge in [0.2, 0.25) is 0 Å². The monoisotopic (exact) mass is 586 g/mol. The maximum Gasteiger partial charge on any atom is 0.762 e. The molecule has 0 aromatic heterocycles. The molecule has 228 valence electrons. The Morgan fingerprint density at radius 3 is 1.49 bits per heavy atom. The van der Waals surface area contributed by atoms with Gasteiger partial charge in [0, 0.05) is 16.7 Å². The first-order chi connectivity index (χ1) is 18.9. The number of carbonyl (C=O) groups excluding carboxylic acids is 2. The first kappa shape index (κ1) is 39.0. The van der Waals surface area contributed by atoms with Gasteiger partial charge in [-0.05, 0) is 94.5 Å². The number of hydrogen-bond acceptors (Lipinski definition) is 9. The molecule has 2 rings (SSSR count). The molecule has 0 aliphatic heterocycles. The maximum atomic E-state index is 11.2. The van der Waals surface area contributed by atoms with Gasteiger partial charge in [-0.15, -0.1) is 0 Å². The lowest BCUT2D eigenvalue weighted by Crippen LogP contribution is -2.02. The van der Waals surface area contributed by atoms with Crippen LogP contribution in [-0.2, 0) is 25.5 Å². The number of phenols is 4. The average Bonchev–Trinajstić information content (AvgIpc) is 2.90. The summed E-state index contributed by atoms with van der Waals surface area (Å²) in [5.74, 6) is -0.0395. The Kier molecular flexibility index (Phi) is 18.9. The van der Waals surface area contributed by atoms with Gasteiger partial charge in [-0.2, -0.15) is 0 Å². The molecule has 41 heavy (non-hydrogen) atoms. The van der Waals surface area contributed by atoms with E-state index in [4.69, 9.17) is 15.3 Å². The van der Waals surface area contributed by atoms with Crippen LogP contribution in [0.4, 0.5) is 12.9 Å². The van der Waals surface area contributed by atoms with E-state index >= 15 is 0 Å². The molecule has 13 heteroatoms. The molecule has 0 atom stereocenters. The van der Waals surface area contributed by atoms with Crippen LogP contribution in [0, 0.1) is 27.7 Å². The number of rotatable bonds is 5. The number of aliphatic hydroxyl groups is 1. The quantitative estimate of drug-likeness (QED) is 0.140. The fourth-order valence-corrected chi connectivity index (χ4v) is 2.87. The average molecular weight is 586 g/mol. The number of ether oxygens (including phenoxy) is 2. The third-order valence-corrected chi connectivity index (χ3v) is 5.39. The molecule has 0 aliphatic rings. The third-order valence-electron chi connectivity index (χ3n) is 5.39. The summed E-state index contributed by atoms with van der Waals surface area (Å²) in [5.41, 5.74) is 4.14. The molecule has 2 aromatic rings. The number of esters is 2. The summed E-state index contributed by atoms with van der Waals surface area (Å²) < 4.78 is 37.9. The molecule has 0 heterocycles. The summed E-state index contributed by atoms with van der Waals surface area (Å²) >= 11 is 0. The molecule has 9 nitrogen and oxygen atoms in total. The lowest BCUT2D eigenvalue weighted by Gasteiger charge is -2.11. The minimum absolute atomic E-state index is 0.124. The van der Waals surface area contributed by atoms with Crippen molar-refractivity contribution in [2.24, 2.45) is 0 Å². The zero-order valence-electron chi connectivity index (χ0n) is 24.4. The van der Waals surface area contributed by atoms with Crippen molar-refractivity contribution >= 4 is 19.5 Å². The summed E-state index contributed by atoms with van der Waals surface area (Å²) in [4.78, 5) is 21.7. The fourth-order valence-electron chi connectivity index (χ4n) is 2.87. The van der Waals surface area contributed by atoms with Crippen molar-refractivity contribution in [2.45, 2.75) is 48.0 Å². The van der Waals surface area contributed by atoms with Crippen LogP contribution in [0.25, 0.3) is 0 Å². The van der Waals surface area contributed by atoms with E-state index in [9.17, 15) is 32.7 Å². The van der Waals surface area contributed by atoms with Gasteiger partial charge < -0.3 is 35.0 Å². The molecule has 0 unspecified atom stereocenters.